The second-order valence-electron chi connectivity index (χ2n) is 6.52. The van der Waals surface area contributed by atoms with E-state index in [0.717, 1.165) is 6.42 Å². The van der Waals surface area contributed by atoms with Crippen LogP contribution in [0.25, 0.3) is 0 Å². The van der Waals surface area contributed by atoms with Crippen LogP contribution in [0.15, 0.2) is 60.7 Å². The fourth-order valence-corrected chi connectivity index (χ4v) is 2.53. The Hall–Kier alpha value is -2.13. The summed E-state index contributed by atoms with van der Waals surface area (Å²) in [5, 5.41) is 5.20. The molecule has 0 bridgehead atoms. The topological polar surface area (TPSA) is 45.7 Å². The fourth-order valence-electron chi connectivity index (χ4n) is 2.53. The second kappa shape index (κ2) is 7.93. The lowest BCUT2D eigenvalue weighted by Crippen LogP contribution is -2.88. The molecule has 0 unspecified atom stereocenters. The Morgan fingerprint density at radius 1 is 1.00 bits per heavy atom. The van der Waals surface area contributed by atoms with E-state index < -0.39 is 0 Å². The van der Waals surface area contributed by atoms with Gasteiger partial charge in [-0.15, -0.1) is 0 Å². The normalized spacial score (nSPS) is 11.5. The molecule has 2 aromatic carbocycles. The number of carbonyl (C=O) groups excluding carboxylic acids is 1. The van der Waals surface area contributed by atoms with Gasteiger partial charge in [0.1, 0.15) is 6.04 Å². The average molecular weight is 311 g/mol. The number of nitrogens with one attached hydrogen (secondary N) is 1. The maximum absolute atomic E-state index is 12.2. The van der Waals surface area contributed by atoms with Crippen LogP contribution in [0.1, 0.15) is 44.4 Å². The molecule has 0 aromatic heterocycles. The van der Waals surface area contributed by atoms with Gasteiger partial charge in [0.05, 0.1) is 0 Å². The zero-order valence-electron chi connectivity index (χ0n) is 14.3. The third kappa shape index (κ3) is 5.22. The zero-order chi connectivity index (χ0) is 16.7. The van der Waals surface area contributed by atoms with Crippen molar-refractivity contribution in [2.45, 2.75) is 38.8 Å². The Morgan fingerprint density at radius 3 is 1.91 bits per heavy atom. The lowest BCUT2D eigenvalue weighted by atomic mass is 9.98. The van der Waals surface area contributed by atoms with E-state index in [1.165, 1.54) is 11.1 Å². The molecule has 3 nitrogen and oxygen atoms in total. The van der Waals surface area contributed by atoms with Crippen LogP contribution in [0, 0.1) is 0 Å². The molecular formula is C20H27N2O+. The van der Waals surface area contributed by atoms with Crippen molar-refractivity contribution in [1.29, 1.82) is 0 Å². The van der Waals surface area contributed by atoms with Crippen LogP contribution < -0.4 is 10.6 Å². The predicted molar refractivity (Wildman–Crippen MR) is 94.0 cm³/mol. The molecule has 2 rings (SSSR count). The van der Waals surface area contributed by atoms with Crippen LogP contribution >= 0.6 is 0 Å². The van der Waals surface area contributed by atoms with Gasteiger partial charge in [-0.1, -0.05) is 67.6 Å². The molecule has 0 heterocycles. The summed E-state index contributed by atoms with van der Waals surface area (Å²) in [6.07, 6.45) is 0.916. The number of benzene rings is 2. The quantitative estimate of drug-likeness (QED) is 0.811. The molecule has 0 aliphatic heterocycles. The van der Waals surface area contributed by atoms with Gasteiger partial charge in [0.15, 0.2) is 6.54 Å². The van der Waals surface area contributed by atoms with Crippen LogP contribution in [0.2, 0.25) is 0 Å². The van der Waals surface area contributed by atoms with Crippen molar-refractivity contribution >= 4 is 5.91 Å². The van der Waals surface area contributed by atoms with Crippen molar-refractivity contribution in [2.24, 2.45) is 0 Å². The van der Waals surface area contributed by atoms with E-state index in [0.29, 0.717) is 6.54 Å². The highest BCUT2D eigenvalue weighted by atomic mass is 16.2. The monoisotopic (exact) mass is 311 g/mol. The van der Waals surface area contributed by atoms with Crippen molar-refractivity contribution in [3.63, 3.8) is 0 Å². The minimum atomic E-state index is -0.153. The molecule has 23 heavy (non-hydrogen) atoms. The summed E-state index contributed by atoms with van der Waals surface area (Å²) in [7, 11) is 0. The van der Waals surface area contributed by atoms with E-state index in [9.17, 15) is 4.79 Å². The highest BCUT2D eigenvalue weighted by Crippen LogP contribution is 2.17. The molecule has 0 radical (unpaired) electrons. The third-order valence-corrected chi connectivity index (χ3v) is 4.22. The van der Waals surface area contributed by atoms with Crippen LogP contribution in [0.3, 0.4) is 0 Å². The molecule has 1 amide bonds. The summed E-state index contributed by atoms with van der Waals surface area (Å²) in [6.45, 7) is 6.60. The van der Waals surface area contributed by atoms with E-state index in [2.05, 4.69) is 55.7 Å². The molecule has 0 saturated carbocycles. The molecule has 0 fully saturated rings. The first-order valence-corrected chi connectivity index (χ1v) is 8.26. The predicted octanol–water partition coefficient (Wildman–Crippen LogP) is 2.64. The van der Waals surface area contributed by atoms with E-state index in [1.54, 1.807) is 0 Å². The average Bonchev–Trinajstić information content (AvgIpc) is 2.56. The third-order valence-electron chi connectivity index (χ3n) is 4.22. The molecule has 3 N–H and O–H groups in total. The molecule has 0 aliphatic rings. The molecule has 0 aliphatic carbocycles. The highest BCUT2D eigenvalue weighted by Gasteiger charge is 2.22. The lowest BCUT2D eigenvalue weighted by molar-refractivity contribution is -0.676. The fraction of sp³-hybridized carbons (Fsp3) is 0.350. The summed E-state index contributed by atoms with van der Waals surface area (Å²) in [4.78, 5) is 12.2. The van der Waals surface area contributed by atoms with E-state index >= 15 is 0 Å². The molecule has 3 heteroatoms. The molecule has 122 valence electrons. The first-order valence-electron chi connectivity index (χ1n) is 8.26. The summed E-state index contributed by atoms with van der Waals surface area (Å²) in [6, 6.07) is 20.8. The number of quaternary nitrogens is 1. The first-order chi connectivity index (χ1) is 11.0. The van der Waals surface area contributed by atoms with Gasteiger partial charge in [-0.2, -0.15) is 0 Å². The summed E-state index contributed by atoms with van der Waals surface area (Å²) in [5.41, 5.74) is 2.27. The van der Waals surface area contributed by atoms with Gasteiger partial charge >= 0.3 is 0 Å². The summed E-state index contributed by atoms with van der Waals surface area (Å²) >= 11 is 0. The van der Waals surface area contributed by atoms with E-state index in [-0.39, 0.29) is 17.5 Å². The smallest absolute Gasteiger partial charge is 0.275 e. The summed E-state index contributed by atoms with van der Waals surface area (Å²) in [5.74, 6) is 0.0775. The number of nitrogens with two attached hydrogens (primary N) is 1. The number of amides is 1. The van der Waals surface area contributed by atoms with E-state index in [4.69, 9.17) is 0 Å². The van der Waals surface area contributed by atoms with E-state index in [1.807, 2.05) is 36.4 Å². The van der Waals surface area contributed by atoms with Crippen LogP contribution in [0.5, 0.6) is 0 Å². The van der Waals surface area contributed by atoms with Crippen molar-refractivity contribution < 1.29 is 10.1 Å². The van der Waals surface area contributed by atoms with Gasteiger partial charge in [-0.25, -0.2) is 0 Å². The van der Waals surface area contributed by atoms with Gasteiger partial charge in [0.2, 0.25) is 0 Å². The minimum absolute atomic E-state index is 0.0775. The number of carbonyl (C=O) groups is 1. The van der Waals surface area contributed by atoms with Gasteiger partial charge in [-0.3, -0.25) is 4.79 Å². The lowest BCUT2D eigenvalue weighted by Gasteiger charge is -2.24. The molecule has 2 aromatic rings. The SMILES string of the molecule is CCC(C)(C)NC(=O)C[NH2+]C(c1ccccc1)c1ccccc1. The van der Waals surface area contributed by atoms with Crippen molar-refractivity contribution in [2.75, 3.05) is 6.54 Å². The largest absolute Gasteiger partial charge is 0.346 e. The standard InChI is InChI=1S/C20H26N2O/c1-4-20(2,3)22-18(23)15-21-19(16-11-7-5-8-12-16)17-13-9-6-10-14-17/h5-14,19,21H,4,15H2,1-3H3,(H,22,23)/p+1. The summed E-state index contributed by atoms with van der Waals surface area (Å²) < 4.78 is 0. The van der Waals surface area contributed by atoms with Gasteiger partial charge in [-0.05, 0) is 20.3 Å². The zero-order valence-corrected chi connectivity index (χ0v) is 14.3. The number of hydrogen-bond acceptors (Lipinski definition) is 1. The maximum atomic E-state index is 12.2. The Balaban J connectivity index is 2.09. The van der Waals surface area contributed by atoms with Gasteiger partial charge in [0.25, 0.3) is 5.91 Å². The molecule has 0 saturated heterocycles. The van der Waals surface area contributed by atoms with Crippen molar-refractivity contribution in [1.82, 2.24) is 5.32 Å². The van der Waals surface area contributed by atoms with Crippen LogP contribution in [-0.4, -0.2) is 18.0 Å². The Bertz CT molecular complexity index is 569. The second-order valence-corrected chi connectivity index (χ2v) is 6.52. The highest BCUT2D eigenvalue weighted by molar-refractivity contribution is 5.77. The maximum Gasteiger partial charge on any atom is 0.275 e. The van der Waals surface area contributed by atoms with Crippen LogP contribution in [-0.2, 0) is 4.79 Å². The molecular weight excluding hydrogens is 284 g/mol. The van der Waals surface area contributed by atoms with Gasteiger partial charge in [0, 0.05) is 16.7 Å². The Kier molecular flexibility index (Phi) is 5.94. The number of rotatable bonds is 7. The minimum Gasteiger partial charge on any atom is -0.346 e. The molecule has 0 atom stereocenters. The van der Waals surface area contributed by atoms with Gasteiger partial charge < -0.3 is 10.6 Å². The molecule has 0 spiro atoms. The van der Waals surface area contributed by atoms with Crippen LogP contribution in [0.4, 0.5) is 0 Å². The first kappa shape index (κ1) is 17.2. The van der Waals surface area contributed by atoms with Crippen molar-refractivity contribution in [3.05, 3.63) is 71.8 Å². The van der Waals surface area contributed by atoms with Crippen molar-refractivity contribution in [3.8, 4) is 0 Å². The Morgan fingerprint density at radius 2 is 1.48 bits per heavy atom. The Labute approximate surface area is 139 Å². The number of hydrogen-bond donors (Lipinski definition) is 2.